The Morgan fingerprint density at radius 2 is 2.33 bits per heavy atom. The van der Waals surface area contributed by atoms with Crippen molar-refractivity contribution in [1.29, 1.82) is 0 Å². The lowest BCUT2D eigenvalue weighted by atomic mass is 10.2. The van der Waals surface area contributed by atoms with Crippen LogP contribution in [0.25, 0.3) is 0 Å². The van der Waals surface area contributed by atoms with Crippen LogP contribution in [0, 0.1) is 5.92 Å². The van der Waals surface area contributed by atoms with E-state index in [1.807, 2.05) is 0 Å². The van der Waals surface area contributed by atoms with Crippen molar-refractivity contribution in [2.24, 2.45) is 5.92 Å². The van der Waals surface area contributed by atoms with E-state index in [9.17, 15) is 0 Å². The zero-order valence-electron chi connectivity index (χ0n) is 9.74. The summed E-state index contributed by atoms with van der Waals surface area (Å²) in [5.41, 5.74) is 1.31. The van der Waals surface area contributed by atoms with E-state index >= 15 is 0 Å². The first kappa shape index (κ1) is 12.3. The van der Waals surface area contributed by atoms with Crippen LogP contribution in [0.2, 0.25) is 0 Å². The van der Waals surface area contributed by atoms with Gasteiger partial charge in [0, 0.05) is 32.1 Å². The maximum absolute atomic E-state index is 8.95. The highest BCUT2D eigenvalue weighted by molar-refractivity contribution is 5.09. The Labute approximate surface area is 92.1 Å². The highest BCUT2D eigenvalue weighted by Crippen LogP contribution is 2.05. The van der Waals surface area contributed by atoms with Gasteiger partial charge in [0.05, 0.1) is 0 Å². The second kappa shape index (κ2) is 6.64. The van der Waals surface area contributed by atoms with Crippen LogP contribution in [0.4, 0.5) is 0 Å². The summed E-state index contributed by atoms with van der Waals surface area (Å²) < 4.78 is 2.14. The zero-order chi connectivity index (χ0) is 11.1. The van der Waals surface area contributed by atoms with Gasteiger partial charge in [0.25, 0.3) is 0 Å². The van der Waals surface area contributed by atoms with E-state index in [0.717, 1.165) is 19.6 Å². The molecule has 0 saturated carbocycles. The lowest BCUT2D eigenvalue weighted by molar-refractivity contribution is 0.223. The lowest BCUT2D eigenvalue weighted by Gasteiger charge is -2.08. The Morgan fingerprint density at radius 3 is 3.00 bits per heavy atom. The molecule has 0 bridgehead atoms. The smallest absolute Gasteiger partial charge is 0.0473 e. The minimum atomic E-state index is 0.252. The largest absolute Gasteiger partial charge is 0.396 e. The molecule has 3 heteroatoms. The molecule has 1 rings (SSSR count). The molecule has 1 aromatic rings. The van der Waals surface area contributed by atoms with E-state index in [2.05, 4.69) is 42.2 Å². The van der Waals surface area contributed by atoms with Crippen LogP contribution >= 0.6 is 0 Å². The molecule has 0 saturated heterocycles. The van der Waals surface area contributed by atoms with Crippen LogP contribution in [0.5, 0.6) is 0 Å². The minimum Gasteiger partial charge on any atom is -0.396 e. The molecule has 0 radical (unpaired) electrons. The van der Waals surface area contributed by atoms with Gasteiger partial charge in [-0.05, 0) is 30.5 Å². The quantitative estimate of drug-likeness (QED) is 0.671. The Balaban J connectivity index is 2.35. The van der Waals surface area contributed by atoms with E-state index in [1.54, 1.807) is 0 Å². The number of aliphatic hydroxyl groups is 1. The Kier molecular flexibility index (Phi) is 5.43. The van der Waals surface area contributed by atoms with Gasteiger partial charge in [0.1, 0.15) is 0 Å². The van der Waals surface area contributed by atoms with Crippen LogP contribution in [-0.4, -0.2) is 22.8 Å². The maximum Gasteiger partial charge on any atom is 0.0473 e. The average molecular weight is 210 g/mol. The lowest BCUT2D eigenvalue weighted by Crippen LogP contribution is -2.13. The molecule has 1 unspecified atom stereocenters. The summed E-state index contributed by atoms with van der Waals surface area (Å²) in [6, 6.07) is 2.13. The second-order valence-electron chi connectivity index (χ2n) is 4.18. The van der Waals surface area contributed by atoms with Crippen molar-refractivity contribution in [3.05, 3.63) is 24.0 Å². The number of aliphatic hydroxyl groups excluding tert-OH is 1. The molecule has 2 N–H and O–H groups in total. The molecule has 1 atom stereocenters. The summed E-state index contributed by atoms with van der Waals surface area (Å²) >= 11 is 0. The normalized spacial score (nSPS) is 13.0. The van der Waals surface area contributed by atoms with Crippen molar-refractivity contribution in [3.63, 3.8) is 0 Å². The molecule has 86 valence electrons. The number of nitrogens with one attached hydrogen (secondary N) is 1. The topological polar surface area (TPSA) is 37.2 Å². The Hall–Kier alpha value is -0.800. The van der Waals surface area contributed by atoms with Gasteiger partial charge in [-0.3, -0.25) is 0 Å². The van der Waals surface area contributed by atoms with E-state index < -0.39 is 0 Å². The van der Waals surface area contributed by atoms with Crippen LogP contribution in [-0.2, 0) is 13.1 Å². The first-order valence-electron chi connectivity index (χ1n) is 5.72. The summed E-state index contributed by atoms with van der Waals surface area (Å²) in [5, 5.41) is 12.3. The minimum absolute atomic E-state index is 0.252. The highest BCUT2D eigenvalue weighted by atomic mass is 16.3. The number of aromatic nitrogens is 1. The monoisotopic (exact) mass is 210 g/mol. The van der Waals surface area contributed by atoms with Crippen LogP contribution < -0.4 is 5.32 Å². The van der Waals surface area contributed by atoms with Gasteiger partial charge < -0.3 is 15.0 Å². The molecule has 0 spiro atoms. The second-order valence-corrected chi connectivity index (χ2v) is 4.18. The fourth-order valence-corrected chi connectivity index (χ4v) is 1.54. The molecule has 0 aliphatic carbocycles. The molecule has 0 fully saturated rings. The molecule has 15 heavy (non-hydrogen) atoms. The van der Waals surface area contributed by atoms with E-state index in [0.29, 0.717) is 5.92 Å². The SMILES string of the molecule is CCCNCc1ccn(CC(C)CO)c1. The van der Waals surface area contributed by atoms with Crippen molar-refractivity contribution in [2.75, 3.05) is 13.2 Å². The number of hydrogen-bond donors (Lipinski definition) is 2. The molecule has 3 nitrogen and oxygen atoms in total. The predicted octanol–water partition coefficient (Wildman–Crippen LogP) is 1.62. The van der Waals surface area contributed by atoms with Gasteiger partial charge in [0.2, 0.25) is 0 Å². The highest BCUT2D eigenvalue weighted by Gasteiger charge is 2.01. The molecule has 0 aromatic carbocycles. The van der Waals surface area contributed by atoms with Crippen LogP contribution in [0.3, 0.4) is 0 Å². The first-order chi connectivity index (χ1) is 7.26. The van der Waals surface area contributed by atoms with Crippen LogP contribution in [0.15, 0.2) is 18.5 Å². The molecule has 0 aliphatic heterocycles. The van der Waals surface area contributed by atoms with Gasteiger partial charge in [-0.15, -0.1) is 0 Å². The van der Waals surface area contributed by atoms with E-state index in [-0.39, 0.29) is 6.61 Å². The Bertz CT molecular complexity index is 270. The third-order valence-corrected chi connectivity index (χ3v) is 2.40. The molecule has 1 aromatic heterocycles. The molecule has 0 amide bonds. The molecular formula is C12H22N2O. The van der Waals surface area contributed by atoms with Gasteiger partial charge in [-0.1, -0.05) is 13.8 Å². The number of hydrogen-bond acceptors (Lipinski definition) is 2. The van der Waals surface area contributed by atoms with Gasteiger partial charge in [0.15, 0.2) is 0 Å². The van der Waals surface area contributed by atoms with Gasteiger partial charge in [-0.2, -0.15) is 0 Å². The zero-order valence-corrected chi connectivity index (χ0v) is 9.74. The van der Waals surface area contributed by atoms with E-state index in [1.165, 1.54) is 12.0 Å². The standard InChI is InChI=1S/C12H22N2O/c1-3-5-13-7-12-4-6-14(9-12)8-11(2)10-15/h4,6,9,11,13,15H,3,5,7-8,10H2,1-2H3. The third kappa shape index (κ3) is 4.49. The Morgan fingerprint density at radius 1 is 1.53 bits per heavy atom. The molecule has 1 heterocycles. The van der Waals surface area contributed by atoms with E-state index in [4.69, 9.17) is 5.11 Å². The van der Waals surface area contributed by atoms with Gasteiger partial charge in [-0.25, -0.2) is 0 Å². The average Bonchev–Trinajstić information content (AvgIpc) is 2.66. The third-order valence-electron chi connectivity index (χ3n) is 2.40. The number of rotatable bonds is 7. The van der Waals surface area contributed by atoms with Crippen molar-refractivity contribution < 1.29 is 5.11 Å². The maximum atomic E-state index is 8.95. The summed E-state index contributed by atoms with van der Waals surface area (Å²) in [6.45, 7) is 7.37. The summed E-state index contributed by atoms with van der Waals surface area (Å²) in [5.74, 6) is 0.328. The predicted molar refractivity (Wildman–Crippen MR) is 62.7 cm³/mol. The first-order valence-corrected chi connectivity index (χ1v) is 5.72. The summed E-state index contributed by atoms with van der Waals surface area (Å²) in [7, 11) is 0. The fourth-order valence-electron chi connectivity index (χ4n) is 1.54. The van der Waals surface area contributed by atoms with Crippen molar-refractivity contribution in [2.45, 2.75) is 33.4 Å². The van der Waals surface area contributed by atoms with Crippen molar-refractivity contribution in [3.8, 4) is 0 Å². The fraction of sp³-hybridized carbons (Fsp3) is 0.667. The van der Waals surface area contributed by atoms with Crippen molar-refractivity contribution >= 4 is 0 Å². The summed E-state index contributed by atoms with van der Waals surface area (Å²) in [6.07, 6.45) is 5.40. The van der Waals surface area contributed by atoms with Gasteiger partial charge >= 0.3 is 0 Å². The van der Waals surface area contributed by atoms with Crippen LogP contribution in [0.1, 0.15) is 25.8 Å². The molecular weight excluding hydrogens is 188 g/mol. The molecule has 0 aliphatic rings. The number of nitrogens with zero attached hydrogens (tertiary/aromatic N) is 1. The summed E-state index contributed by atoms with van der Waals surface area (Å²) in [4.78, 5) is 0. The van der Waals surface area contributed by atoms with Crippen molar-refractivity contribution in [1.82, 2.24) is 9.88 Å².